The van der Waals surface area contributed by atoms with Crippen LogP contribution in [0.25, 0.3) is 11.0 Å². The topological polar surface area (TPSA) is 48.3 Å². The molecule has 33 heavy (non-hydrogen) atoms. The highest BCUT2D eigenvalue weighted by Gasteiger charge is 2.31. The van der Waals surface area contributed by atoms with Crippen LogP contribution in [0.2, 0.25) is 0 Å². The molecule has 0 bridgehead atoms. The fourth-order valence-electron chi connectivity index (χ4n) is 4.59. The quantitative estimate of drug-likeness (QED) is 0.365. The van der Waals surface area contributed by atoms with Crippen LogP contribution in [-0.2, 0) is 0 Å². The van der Waals surface area contributed by atoms with Crippen LogP contribution in [0, 0.1) is 6.92 Å². The number of halogens is 2. The predicted octanol–water partition coefficient (Wildman–Crippen LogP) is 6.49. The van der Waals surface area contributed by atoms with Gasteiger partial charge in [0.05, 0.1) is 29.7 Å². The molecule has 7 heteroatoms. The maximum absolute atomic E-state index is 12.9. The van der Waals surface area contributed by atoms with Crippen molar-refractivity contribution in [3.63, 3.8) is 0 Å². The number of nitrogens with one attached hydrogen (secondary N) is 1. The van der Waals surface area contributed by atoms with Gasteiger partial charge in [-0.25, -0.2) is 4.98 Å². The van der Waals surface area contributed by atoms with E-state index in [-0.39, 0.29) is 17.8 Å². The average Bonchev–Trinajstić information content (AvgIpc) is 3.18. The van der Waals surface area contributed by atoms with Crippen LogP contribution in [0.4, 0.5) is 14.7 Å². The first-order valence-corrected chi connectivity index (χ1v) is 11.0. The fraction of sp³-hybridized carbons (Fsp3) is 0.269. The maximum atomic E-state index is 12.9. The summed E-state index contributed by atoms with van der Waals surface area (Å²) in [4.78, 5) is 4.84. The lowest BCUT2D eigenvalue weighted by Gasteiger charge is -2.34. The van der Waals surface area contributed by atoms with Gasteiger partial charge in [0.1, 0.15) is 0 Å². The molecule has 0 saturated heterocycles. The van der Waals surface area contributed by atoms with Crippen molar-refractivity contribution in [3.05, 3.63) is 83.4 Å². The molecule has 4 aromatic rings. The monoisotopic (exact) mass is 449 g/mol. The third-order valence-corrected chi connectivity index (χ3v) is 5.98. The molecule has 1 aliphatic heterocycles. The molecule has 0 radical (unpaired) electrons. The summed E-state index contributed by atoms with van der Waals surface area (Å²) in [6.45, 7) is 1.33. The molecule has 0 amide bonds. The number of rotatable bonds is 6. The first-order chi connectivity index (χ1) is 16.0. The normalized spacial score (nSPS) is 17.6. The molecule has 170 valence electrons. The van der Waals surface area contributed by atoms with E-state index < -0.39 is 6.61 Å². The van der Waals surface area contributed by atoms with Crippen molar-refractivity contribution in [1.29, 1.82) is 0 Å². The molecular formula is C26H25F2N3O2. The predicted molar refractivity (Wildman–Crippen MR) is 124 cm³/mol. The fourth-order valence-corrected chi connectivity index (χ4v) is 4.59. The minimum atomic E-state index is -2.91. The van der Waals surface area contributed by atoms with Crippen molar-refractivity contribution in [3.8, 4) is 11.5 Å². The molecule has 0 fully saturated rings. The Labute approximate surface area is 191 Å². The second kappa shape index (κ2) is 8.73. The number of aryl methyl sites for hydroxylation is 1. The Hall–Kier alpha value is -3.61. The zero-order chi connectivity index (χ0) is 22.9. The summed E-state index contributed by atoms with van der Waals surface area (Å²) in [6, 6.07) is 21.6. The molecular weight excluding hydrogens is 424 g/mol. The highest BCUT2D eigenvalue weighted by Crippen LogP contribution is 2.43. The van der Waals surface area contributed by atoms with E-state index in [1.165, 1.54) is 11.1 Å². The first kappa shape index (κ1) is 21.2. The summed E-state index contributed by atoms with van der Waals surface area (Å²) in [6.07, 6.45) is 0.761. The molecule has 5 rings (SSSR count). The molecule has 0 aliphatic carbocycles. The Kier molecular flexibility index (Phi) is 5.62. The standard InChI is InChI=1S/C26H25F2N3O2/c1-3-32-24-14-18(11-12-23(24)33-25(27)28)22-15-20(17-8-6-7-16(2)13-17)30-26-29-19-9-4-5-10-21(19)31(22)26/h4-14,20,22,25H,3,15H2,1-2H3,(H,29,30)/t20-,22+/m1/s1. The van der Waals surface area contributed by atoms with Gasteiger partial charge in [0, 0.05) is 0 Å². The van der Waals surface area contributed by atoms with Crippen LogP contribution >= 0.6 is 0 Å². The molecule has 2 heterocycles. The van der Waals surface area contributed by atoms with Crippen LogP contribution in [0.3, 0.4) is 0 Å². The Bertz CT molecular complexity index is 1290. The van der Waals surface area contributed by atoms with Gasteiger partial charge in [0.15, 0.2) is 11.5 Å². The summed E-state index contributed by atoms with van der Waals surface area (Å²) in [7, 11) is 0. The number of hydrogen-bond acceptors (Lipinski definition) is 4. The number of benzene rings is 3. The molecule has 1 aliphatic rings. The number of ether oxygens (including phenoxy) is 2. The lowest BCUT2D eigenvalue weighted by atomic mass is 9.92. The van der Waals surface area contributed by atoms with Gasteiger partial charge in [-0.1, -0.05) is 48.0 Å². The summed E-state index contributed by atoms with van der Waals surface area (Å²) >= 11 is 0. The number of anilines is 1. The third-order valence-electron chi connectivity index (χ3n) is 5.98. The van der Waals surface area contributed by atoms with Gasteiger partial charge < -0.3 is 19.4 Å². The average molecular weight is 450 g/mol. The minimum absolute atomic E-state index is 0.0375. The molecule has 0 unspecified atom stereocenters. The van der Waals surface area contributed by atoms with Gasteiger partial charge in [-0.3, -0.25) is 0 Å². The van der Waals surface area contributed by atoms with Crippen LogP contribution in [0.1, 0.15) is 42.1 Å². The van der Waals surface area contributed by atoms with Crippen molar-refractivity contribution in [1.82, 2.24) is 9.55 Å². The van der Waals surface area contributed by atoms with E-state index >= 15 is 0 Å². The molecule has 1 aromatic heterocycles. The van der Waals surface area contributed by atoms with E-state index in [1.54, 1.807) is 6.07 Å². The molecule has 1 N–H and O–H groups in total. The van der Waals surface area contributed by atoms with E-state index in [1.807, 2.05) is 43.3 Å². The number of hydrogen-bond donors (Lipinski definition) is 1. The van der Waals surface area contributed by atoms with Crippen molar-refractivity contribution in [2.75, 3.05) is 11.9 Å². The van der Waals surface area contributed by atoms with Crippen LogP contribution in [0.15, 0.2) is 66.7 Å². The Morgan fingerprint density at radius 3 is 2.67 bits per heavy atom. The Balaban J connectivity index is 1.63. The zero-order valence-electron chi connectivity index (χ0n) is 18.5. The number of imidazole rings is 1. The number of nitrogens with zero attached hydrogens (tertiary/aromatic N) is 2. The summed E-state index contributed by atoms with van der Waals surface area (Å²) in [5, 5.41) is 3.60. The van der Waals surface area contributed by atoms with Crippen molar-refractivity contribution >= 4 is 17.0 Å². The minimum Gasteiger partial charge on any atom is -0.490 e. The lowest BCUT2D eigenvalue weighted by Crippen LogP contribution is -2.27. The number of fused-ring (bicyclic) bond motifs is 3. The summed E-state index contributed by atoms with van der Waals surface area (Å²) in [5.74, 6) is 1.13. The van der Waals surface area contributed by atoms with Gasteiger partial charge in [0.25, 0.3) is 0 Å². The van der Waals surface area contributed by atoms with Crippen LogP contribution in [0.5, 0.6) is 11.5 Å². The van der Waals surface area contributed by atoms with Crippen molar-refractivity contribution in [2.45, 2.75) is 39.0 Å². The molecule has 0 saturated carbocycles. The van der Waals surface area contributed by atoms with Gasteiger partial charge >= 0.3 is 6.61 Å². The zero-order valence-corrected chi connectivity index (χ0v) is 18.5. The molecule has 0 spiro atoms. The molecule has 5 nitrogen and oxygen atoms in total. The first-order valence-electron chi connectivity index (χ1n) is 11.0. The van der Waals surface area contributed by atoms with Gasteiger partial charge in [-0.15, -0.1) is 0 Å². The Morgan fingerprint density at radius 1 is 1.03 bits per heavy atom. The van der Waals surface area contributed by atoms with E-state index in [9.17, 15) is 8.78 Å². The van der Waals surface area contributed by atoms with Crippen molar-refractivity contribution in [2.24, 2.45) is 0 Å². The van der Waals surface area contributed by atoms with E-state index in [4.69, 9.17) is 9.72 Å². The number of aromatic nitrogens is 2. The van der Waals surface area contributed by atoms with E-state index in [2.05, 4.69) is 45.8 Å². The Morgan fingerprint density at radius 2 is 1.88 bits per heavy atom. The van der Waals surface area contributed by atoms with Gasteiger partial charge in [-0.05, 0) is 55.7 Å². The van der Waals surface area contributed by atoms with Crippen LogP contribution < -0.4 is 14.8 Å². The summed E-state index contributed by atoms with van der Waals surface area (Å²) < 4.78 is 38.3. The smallest absolute Gasteiger partial charge is 0.387 e. The van der Waals surface area contributed by atoms with Gasteiger partial charge in [0.2, 0.25) is 5.95 Å². The third kappa shape index (κ3) is 4.11. The lowest BCUT2D eigenvalue weighted by molar-refractivity contribution is -0.0514. The van der Waals surface area contributed by atoms with Crippen molar-refractivity contribution < 1.29 is 18.3 Å². The largest absolute Gasteiger partial charge is 0.490 e. The molecule has 3 aromatic carbocycles. The second-order valence-electron chi connectivity index (χ2n) is 8.17. The second-order valence-corrected chi connectivity index (χ2v) is 8.17. The highest BCUT2D eigenvalue weighted by atomic mass is 19.3. The number of para-hydroxylation sites is 2. The highest BCUT2D eigenvalue weighted by molar-refractivity contribution is 5.79. The van der Waals surface area contributed by atoms with E-state index in [0.29, 0.717) is 12.4 Å². The SMILES string of the molecule is CCOc1cc([C@@H]2C[C@H](c3cccc(C)c3)Nc3nc4ccccc4n32)ccc1OC(F)F. The maximum Gasteiger partial charge on any atom is 0.387 e. The summed E-state index contributed by atoms with van der Waals surface area (Å²) in [5.41, 5.74) is 5.23. The molecule has 2 atom stereocenters. The van der Waals surface area contributed by atoms with Crippen LogP contribution in [-0.4, -0.2) is 22.8 Å². The number of alkyl halides is 2. The van der Waals surface area contributed by atoms with E-state index in [0.717, 1.165) is 29.0 Å². The van der Waals surface area contributed by atoms with Gasteiger partial charge in [-0.2, -0.15) is 8.78 Å².